The summed E-state index contributed by atoms with van der Waals surface area (Å²) in [6.45, 7) is 3.85. The molecule has 2 rings (SSSR count). The highest BCUT2D eigenvalue weighted by Crippen LogP contribution is 2.25. The van der Waals surface area contributed by atoms with Crippen molar-refractivity contribution in [1.82, 2.24) is 10.3 Å². The van der Waals surface area contributed by atoms with Crippen LogP contribution >= 0.6 is 35.4 Å². The van der Waals surface area contributed by atoms with Gasteiger partial charge in [0.2, 0.25) is 0 Å². The van der Waals surface area contributed by atoms with Crippen LogP contribution in [0, 0.1) is 6.92 Å². The Morgan fingerprint density at radius 1 is 1.19 bits per heavy atom. The zero-order chi connectivity index (χ0) is 15.4. The highest BCUT2D eigenvalue weighted by atomic mass is 35.5. The van der Waals surface area contributed by atoms with Crippen LogP contribution < -0.4 is 10.6 Å². The molecule has 0 radical (unpaired) electrons. The minimum absolute atomic E-state index is 0.0818. The predicted octanol–water partition coefficient (Wildman–Crippen LogP) is 4.74. The van der Waals surface area contributed by atoms with E-state index in [0.29, 0.717) is 26.7 Å². The second kappa shape index (κ2) is 7.07. The Morgan fingerprint density at radius 2 is 1.86 bits per heavy atom. The van der Waals surface area contributed by atoms with Gasteiger partial charge in [-0.05, 0) is 37.7 Å². The van der Waals surface area contributed by atoms with Gasteiger partial charge < -0.3 is 10.6 Å². The average molecular weight is 340 g/mol. The standard InChI is InChI=1S/C15H15Cl2N3S/c1-9(11-6-4-3-5-7-11)19-15(21)20-14-13(17)8-12(16)10(2)18-14/h3-9H,1-2H3,(H2,18,19,20,21)/t9-/m1/s1. The summed E-state index contributed by atoms with van der Waals surface area (Å²) in [4.78, 5) is 4.29. The Labute approximate surface area is 139 Å². The van der Waals surface area contributed by atoms with Gasteiger partial charge in [-0.3, -0.25) is 0 Å². The topological polar surface area (TPSA) is 37.0 Å². The number of hydrogen-bond donors (Lipinski definition) is 2. The van der Waals surface area contributed by atoms with E-state index in [1.165, 1.54) is 0 Å². The molecule has 2 N–H and O–H groups in total. The summed E-state index contributed by atoms with van der Waals surface area (Å²) < 4.78 is 0. The number of aromatic nitrogens is 1. The molecule has 3 nitrogen and oxygen atoms in total. The fourth-order valence-electron chi connectivity index (χ4n) is 1.81. The third-order valence-electron chi connectivity index (χ3n) is 2.98. The third-order valence-corrected chi connectivity index (χ3v) is 3.87. The average Bonchev–Trinajstić information content (AvgIpc) is 2.45. The number of anilines is 1. The molecule has 6 heteroatoms. The van der Waals surface area contributed by atoms with Crippen molar-refractivity contribution >= 4 is 46.4 Å². The van der Waals surface area contributed by atoms with Crippen LogP contribution in [0.15, 0.2) is 36.4 Å². The molecular formula is C15H15Cl2N3S. The summed E-state index contributed by atoms with van der Waals surface area (Å²) in [7, 11) is 0. The van der Waals surface area contributed by atoms with Crippen molar-refractivity contribution < 1.29 is 0 Å². The maximum atomic E-state index is 6.10. The molecule has 0 saturated carbocycles. The Hall–Kier alpha value is -1.36. The van der Waals surface area contributed by atoms with Gasteiger partial charge in [0.15, 0.2) is 10.9 Å². The lowest BCUT2D eigenvalue weighted by atomic mass is 10.1. The zero-order valence-corrected chi connectivity index (χ0v) is 14.0. The van der Waals surface area contributed by atoms with Gasteiger partial charge >= 0.3 is 0 Å². The second-order valence-corrected chi connectivity index (χ2v) is 5.84. The Bertz CT molecular complexity index is 647. The van der Waals surface area contributed by atoms with Gasteiger partial charge in [-0.2, -0.15) is 0 Å². The number of nitrogens with one attached hydrogen (secondary N) is 2. The van der Waals surface area contributed by atoms with Crippen LogP contribution in [0.1, 0.15) is 24.2 Å². The molecule has 0 spiro atoms. The van der Waals surface area contributed by atoms with Gasteiger partial charge in [0, 0.05) is 0 Å². The highest BCUT2D eigenvalue weighted by molar-refractivity contribution is 7.80. The smallest absolute Gasteiger partial charge is 0.172 e. The number of thiocarbonyl (C=S) groups is 1. The van der Waals surface area contributed by atoms with Crippen LogP contribution in [0.2, 0.25) is 10.0 Å². The molecular weight excluding hydrogens is 325 g/mol. The molecule has 0 aliphatic carbocycles. The van der Waals surface area contributed by atoms with E-state index in [4.69, 9.17) is 35.4 Å². The molecule has 1 aromatic carbocycles. The molecule has 1 aromatic heterocycles. The largest absolute Gasteiger partial charge is 0.356 e. The molecule has 2 aromatic rings. The van der Waals surface area contributed by atoms with Gasteiger partial charge in [0.1, 0.15) is 0 Å². The van der Waals surface area contributed by atoms with E-state index in [0.717, 1.165) is 5.56 Å². The minimum atomic E-state index is 0.0818. The first-order chi connectivity index (χ1) is 9.97. The number of aryl methyl sites for hydroxylation is 1. The molecule has 0 amide bonds. The van der Waals surface area contributed by atoms with Crippen LogP contribution in [0.5, 0.6) is 0 Å². The van der Waals surface area contributed by atoms with Gasteiger partial charge in [-0.25, -0.2) is 4.98 Å². The van der Waals surface area contributed by atoms with E-state index < -0.39 is 0 Å². The van der Waals surface area contributed by atoms with Crippen molar-refractivity contribution in [2.45, 2.75) is 19.9 Å². The highest BCUT2D eigenvalue weighted by Gasteiger charge is 2.10. The van der Waals surface area contributed by atoms with Crippen molar-refractivity contribution in [3.8, 4) is 0 Å². The number of rotatable bonds is 3. The molecule has 0 fully saturated rings. The summed E-state index contributed by atoms with van der Waals surface area (Å²) in [5.41, 5.74) is 1.84. The number of halogens is 2. The maximum Gasteiger partial charge on any atom is 0.172 e. The van der Waals surface area contributed by atoms with E-state index in [1.54, 1.807) is 6.07 Å². The first kappa shape index (κ1) is 16.0. The number of benzene rings is 1. The molecule has 0 aliphatic heterocycles. The Balaban J connectivity index is 2.04. The van der Waals surface area contributed by atoms with Crippen molar-refractivity contribution in [3.05, 3.63) is 57.7 Å². The first-order valence-corrected chi connectivity index (χ1v) is 7.59. The van der Waals surface area contributed by atoms with E-state index in [-0.39, 0.29) is 6.04 Å². The lowest BCUT2D eigenvalue weighted by molar-refractivity contribution is 0.722. The second-order valence-electron chi connectivity index (χ2n) is 4.62. The van der Waals surface area contributed by atoms with Crippen LogP contribution in [0.25, 0.3) is 0 Å². The first-order valence-electron chi connectivity index (χ1n) is 6.42. The maximum absolute atomic E-state index is 6.10. The minimum Gasteiger partial charge on any atom is -0.356 e. The number of nitrogens with zero attached hydrogens (tertiary/aromatic N) is 1. The quantitative estimate of drug-likeness (QED) is 0.791. The van der Waals surface area contributed by atoms with E-state index in [1.807, 2.05) is 44.2 Å². The lowest BCUT2D eigenvalue weighted by Gasteiger charge is -2.17. The summed E-state index contributed by atoms with van der Waals surface area (Å²) in [5.74, 6) is 0.497. The molecule has 1 atom stereocenters. The van der Waals surface area contributed by atoms with Crippen molar-refractivity contribution in [3.63, 3.8) is 0 Å². The van der Waals surface area contributed by atoms with Crippen LogP contribution in [-0.2, 0) is 0 Å². The Morgan fingerprint density at radius 3 is 2.52 bits per heavy atom. The van der Waals surface area contributed by atoms with Crippen LogP contribution in [0.3, 0.4) is 0 Å². The molecule has 0 unspecified atom stereocenters. The van der Waals surface area contributed by atoms with E-state index in [9.17, 15) is 0 Å². The monoisotopic (exact) mass is 339 g/mol. The summed E-state index contributed by atoms with van der Waals surface area (Å²) in [6, 6.07) is 11.8. The molecule has 0 aliphatic rings. The zero-order valence-electron chi connectivity index (χ0n) is 11.7. The Kier molecular flexibility index (Phi) is 5.39. The summed E-state index contributed by atoms with van der Waals surface area (Å²) in [6.07, 6.45) is 0. The fourth-order valence-corrected chi connectivity index (χ4v) is 2.49. The van der Waals surface area contributed by atoms with Crippen molar-refractivity contribution in [1.29, 1.82) is 0 Å². The van der Waals surface area contributed by atoms with Crippen LogP contribution in [0.4, 0.5) is 5.82 Å². The van der Waals surface area contributed by atoms with Crippen molar-refractivity contribution in [2.75, 3.05) is 5.32 Å². The third kappa shape index (κ3) is 4.30. The summed E-state index contributed by atoms with van der Waals surface area (Å²) in [5, 5.41) is 7.62. The van der Waals surface area contributed by atoms with Gasteiger partial charge in [0.05, 0.1) is 21.8 Å². The SMILES string of the molecule is Cc1nc(NC(=S)N[C@H](C)c2ccccc2)c(Cl)cc1Cl. The van der Waals surface area contributed by atoms with E-state index >= 15 is 0 Å². The fraction of sp³-hybridized carbons (Fsp3) is 0.200. The van der Waals surface area contributed by atoms with Crippen molar-refractivity contribution in [2.24, 2.45) is 0 Å². The predicted molar refractivity (Wildman–Crippen MR) is 93.2 cm³/mol. The van der Waals surface area contributed by atoms with Gasteiger partial charge in [-0.15, -0.1) is 0 Å². The number of pyridine rings is 1. The normalized spacial score (nSPS) is 11.8. The molecule has 21 heavy (non-hydrogen) atoms. The molecule has 0 bridgehead atoms. The van der Waals surface area contributed by atoms with Crippen LogP contribution in [-0.4, -0.2) is 10.1 Å². The summed E-state index contributed by atoms with van der Waals surface area (Å²) >= 11 is 17.4. The molecule has 1 heterocycles. The van der Waals surface area contributed by atoms with Gasteiger partial charge in [0.25, 0.3) is 0 Å². The lowest BCUT2D eigenvalue weighted by Crippen LogP contribution is -2.31. The number of hydrogen-bond acceptors (Lipinski definition) is 2. The van der Waals surface area contributed by atoms with Gasteiger partial charge in [-0.1, -0.05) is 53.5 Å². The van der Waals surface area contributed by atoms with E-state index in [2.05, 4.69) is 15.6 Å². The molecule has 110 valence electrons. The molecule has 0 saturated heterocycles.